The fraction of sp³-hybridized carbons (Fsp3) is 1.00. The molecule has 0 amide bonds. The zero-order chi connectivity index (χ0) is 13.6. The number of hydrogen-bond acceptors (Lipinski definition) is 2. The van der Waals surface area contributed by atoms with E-state index in [-0.39, 0.29) is 0 Å². The van der Waals surface area contributed by atoms with E-state index in [0.717, 1.165) is 25.9 Å². The molecule has 0 aliphatic rings. The first-order valence-corrected chi connectivity index (χ1v) is 7.20. The van der Waals surface area contributed by atoms with E-state index in [4.69, 9.17) is 0 Å². The van der Waals surface area contributed by atoms with Crippen molar-refractivity contribution in [2.75, 3.05) is 13.1 Å². The molecule has 1 unspecified atom stereocenters. The number of rotatable bonds is 8. The van der Waals surface area contributed by atoms with E-state index in [1.807, 2.05) is 6.92 Å². The zero-order valence-corrected chi connectivity index (χ0v) is 13.0. The largest absolute Gasteiger partial charge is 0.389 e. The van der Waals surface area contributed by atoms with Gasteiger partial charge in [-0.3, -0.25) is 4.90 Å². The SMILES string of the molecule is CCC(CC)N(CC(C)C)CC(C)(O)C(C)C. The fourth-order valence-corrected chi connectivity index (χ4v) is 2.21. The van der Waals surface area contributed by atoms with Gasteiger partial charge in [-0.1, -0.05) is 41.5 Å². The monoisotopic (exact) mass is 243 g/mol. The molecule has 17 heavy (non-hydrogen) atoms. The van der Waals surface area contributed by atoms with E-state index in [0.29, 0.717) is 17.9 Å². The fourth-order valence-electron chi connectivity index (χ4n) is 2.21. The lowest BCUT2D eigenvalue weighted by Crippen LogP contribution is -2.49. The van der Waals surface area contributed by atoms with Gasteiger partial charge in [-0.25, -0.2) is 0 Å². The van der Waals surface area contributed by atoms with Gasteiger partial charge in [-0.2, -0.15) is 0 Å². The molecular formula is C15H33NO. The van der Waals surface area contributed by atoms with Crippen LogP contribution < -0.4 is 0 Å². The molecule has 0 rings (SSSR count). The Balaban J connectivity index is 4.69. The Bertz CT molecular complexity index is 195. The van der Waals surface area contributed by atoms with E-state index >= 15 is 0 Å². The summed E-state index contributed by atoms with van der Waals surface area (Å²) >= 11 is 0. The van der Waals surface area contributed by atoms with Crippen LogP contribution in [0.2, 0.25) is 0 Å². The summed E-state index contributed by atoms with van der Waals surface area (Å²) in [5.74, 6) is 0.949. The standard InChI is InChI=1S/C15H33NO/c1-8-14(9-2)16(10-12(3)4)11-15(7,17)13(5)6/h12-14,17H,8-11H2,1-7H3. The lowest BCUT2D eigenvalue weighted by atomic mass is 9.90. The lowest BCUT2D eigenvalue weighted by Gasteiger charge is -2.39. The van der Waals surface area contributed by atoms with Crippen LogP contribution in [-0.4, -0.2) is 34.7 Å². The molecule has 0 heterocycles. The van der Waals surface area contributed by atoms with Crippen molar-refractivity contribution in [1.82, 2.24) is 4.90 Å². The predicted octanol–water partition coefficient (Wildman–Crippen LogP) is 3.54. The second-order valence-electron chi connectivity index (χ2n) is 6.31. The van der Waals surface area contributed by atoms with Gasteiger partial charge in [-0.05, 0) is 31.6 Å². The maximum atomic E-state index is 10.5. The van der Waals surface area contributed by atoms with Crippen molar-refractivity contribution >= 4 is 0 Å². The molecule has 0 aliphatic heterocycles. The van der Waals surface area contributed by atoms with Crippen LogP contribution in [-0.2, 0) is 0 Å². The lowest BCUT2D eigenvalue weighted by molar-refractivity contribution is -0.0330. The first-order chi connectivity index (χ1) is 7.74. The molecule has 0 aromatic carbocycles. The van der Waals surface area contributed by atoms with Crippen LogP contribution in [0.4, 0.5) is 0 Å². The molecule has 0 saturated carbocycles. The molecule has 0 fully saturated rings. The number of nitrogens with zero attached hydrogens (tertiary/aromatic N) is 1. The minimum Gasteiger partial charge on any atom is -0.389 e. The van der Waals surface area contributed by atoms with E-state index in [9.17, 15) is 5.11 Å². The van der Waals surface area contributed by atoms with E-state index in [1.54, 1.807) is 0 Å². The van der Waals surface area contributed by atoms with Crippen molar-refractivity contribution in [2.45, 2.75) is 73.0 Å². The summed E-state index contributed by atoms with van der Waals surface area (Å²) in [5.41, 5.74) is -0.586. The minimum absolute atomic E-state index is 0.298. The molecule has 1 atom stereocenters. The summed E-state index contributed by atoms with van der Waals surface area (Å²) in [6.07, 6.45) is 2.33. The molecule has 0 spiro atoms. The van der Waals surface area contributed by atoms with Crippen LogP contribution in [0.3, 0.4) is 0 Å². The van der Waals surface area contributed by atoms with Gasteiger partial charge in [0.15, 0.2) is 0 Å². The summed E-state index contributed by atoms with van der Waals surface area (Å²) in [6, 6.07) is 0.600. The van der Waals surface area contributed by atoms with Crippen molar-refractivity contribution in [2.24, 2.45) is 11.8 Å². The topological polar surface area (TPSA) is 23.5 Å². The third-order valence-corrected chi connectivity index (χ3v) is 3.83. The van der Waals surface area contributed by atoms with E-state index in [1.165, 1.54) is 0 Å². The van der Waals surface area contributed by atoms with Crippen LogP contribution in [0.25, 0.3) is 0 Å². The molecule has 0 bridgehead atoms. The summed E-state index contributed by atoms with van der Waals surface area (Å²) in [4.78, 5) is 2.48. The average molecular weight is 243 g/mol. The van der Waals surface area contributed by atoms with Crippen molar-refractivity contribution in [3.8, 4) is 0 Å². The third kappa shape index (κ3) is 5.87. The maximum absolute atomic E-state index is 10.5. The predicted molar refractivity (Wildman–Crippen MR) is 76.2 cm³/mol. The van der Waals surface area contributed by atoms with Crippen molar-refractivity contribution in [3.05, 3.63) is 0 Å². The van der Waals surface area contributed by atoms with Gasteiger partial charge in [0.1, 0.15) is 0 Å². The Labute approximate surface area is 108 Å². The van der Waals surface area contributed by atoms with Gasteiger partial charge < -0.3 is 5.11 Å². The van der Waals surface area contributed by atoms with Crippen LogP contribution in [0, 0.1) is 11.8 Å². The second-order valence-corrected chi connectivity index (χ2v) is 6.31. The first kappa shape index (κ1) is 16.9. The third-order valence-electron chi connectivity index (χ3n) is 3.83. The summed E-state index contributed by atoms with van der Waals surface area (Å²) in [7, 11) is 0. The highest BCUT2D eigenvalue weighted by Crippen LogP contribution is 2.21. The second kappa shape index (κ2) is 7.38. The molecule has 0 saturated heterocycles. The van der Waals surface area contributed by atoms with Gasteiger partial charge in [0.05, 0.1) is 5.60 Å². The van der Waals surface area contributed by atoms with E-state index < -0.39 is 5.60 Å². The van der Waals surface area contributed by atoms with Crippen molar-refractivity contribution < 1.29 is 5.11 Å². The minimum atomic E-state index is -0.586. The van der Waals surface area contributed by atoms with Crippen molar-refractivity contribution in [1.29, 1.82) is 0 Å². The summed E-state index contributed by atoms with van der Waals surface area (Å²) < 4.78 is 0. The quantitative estimate of drug-likeness (QED) is 0.705. The zero-order valence-electron chi connectivity index (χ0n) is 13.0. The maximum Gasteiger partial charge on any atom is 0.0768 e. The highest BCUT2D eigenvalue weighted by molar-refractivity contribution is 4.83. The van der Waals surface area contributed by atoms with Crippen LogP contribution in [0.15, 0.2) is 0 Å². The summed E-state index contributed by atoms with van der Waals surface area (Å²) in [5, 5.41) is 10.5. The Morgan fingerprint density at radius 1 is 1.06 bits per heavy atom. The van der Waals surface area contributed by atoms with Gasteiger partial charge in [0.25, 0.3) is 0 Å². The molecule has 1 N–H and O–H groups in total. The van der Waals surface area contributed by atoms with Gasteiger partial charge in [0, 0.05) is 19.1 Å². The Hall–Kier alpha value is -0.0800. The van der Waals surface area contributed by atoms with Gasteiger partial charge in [-0.15, -0.1) is 0 Å². The van der Waals surface area contributed by atoms with Gasteiger partial charge in [0.2, 0.25) is 0 Å². The first-order valence-electron chi connectivity index (χ1n) is 7.20. The molecule has 2 nitrogen and oxygen atoms in total. The van der Waals surface area contributed by atoms with Gasteiger partial charge >= 0.3 is 0 Å². The molecule has 104 valence electrons. The number of aliphatic hydroxyl groups is 1. The van der Waals surface area contributed by atoms with Crippen LogP contribution in [0.1, 0.15) is 61.3 Å². The molecule has 0 aromatic heterocycles. The van der Waals surface area contributed by atoms with Crippen LogP contribution in [0.5, 0.6) is 0 Å². The van der Waals surface area contributed by atoms with Crippen LogP contribution >= 0.6 is 0 Å². The number of hydrogen-bond donors (Lipinski definition) is 1. The smallest absolute Gasteiger partial charge is 0.0768 e. The Kier molecular flexibility index (Phi) is 7.34. The molecular weight excluding hydrogens is 210 g/mol. The molecule has 0 aliphatic carbocycles. The van der Waals surface area contributed by atoms with Crippen molar-refractivity contribution in [3.63, 3.8) is 0 Å². The Morgan fingerprint density at radius 3 is 1.82 bits per heavy atom. The highest BCUT2D eigenvalue weighted by atomic mass is 16.3. The summed E-state index contributed by atoms with van der Waals surface area (Å²) in [6.45, 7) is 17.0. The van der Waals surface area contributed by atoms with E-state index in [2.05, 4.69) is 46.4 Å². The normalized spacial score (nSPS) is 16.2. The molecule has 0 radical (unpaired) electrons. The highest BCUT2D eigenvalue weighted by Gasteiger charge is 2.30. The molecule has 2 heteroatoms. The molecule has 0 aromatic rings. The average Bonchev–Trinajstić information content (AvgIpc) is 2.17. The Morgan fingerprint density at radius 2 is 1.53 bits per heavy atom.